The number of benzene rings is 1. The van der Waals surface area contributed by atoms with Crippen molar-refractivity contribution >= 4 is 40.7 Å². The van der Waals surface area contributed by atoms with Gasteiger partial charge in [0.1, 0.15) is 29.7 Å². The van der Waals surface area contributed by atoms with Gasteiger partial charge in [-0.3, -0.25) is 19.4 Å². The predicted molar refractivity (Wildman–Crippen MR) is 221 cm³/mol. The summed E-state index contributed by atoms with van der Waals surface area (Å²) in [6.45, 7) is 13.5. The third kappa shape index (κ3) is 9.65. The van der Waals surface area contributed by atoms with Crippen LogP contribution in [0.25, 0.3) is 10.9 Å². The number of Topliss-reactive ketones (excluding diaryl/α,β-unsaturated/α-hetero) is 1. The molecule has 17 nitrogen and oxygen atoms in total. The number of ether oxygens (including phenoxy) is 6. The van der Waals surface area contributed by atoms with Crippen molar-refractivity contribution < 1.29 is 57.5 Å². The van der Waals surface area contributed by atoms with Gasteiger partial charge in [0.25, 0.3) is 5.91 Å². The minimum absolute atomic E-state index is 0.0792. The molecule has 336 valence electrons. The summed E-state index contributed by atoms with van der Waals surface area (Å²) in [6.07, 6.45) is -5.32. The average Bonchev–Trinajstić information content (AvgIpc) is 3.53. The number of aliphatic hydroxyl groups excluding tert-OH is 1. The van der Waals surface area contributed by atoms with Gasteiger partial charge in [0, 0.05) is 41.9 Å². The smallest absolute Gasteiger partial charge is 0.408 e. The van der Waals surface area contributed by atoms with E-state index in [1.54, 1.807) is 54.5 Å². The highest BCUT2D eigenvalue weighted by Crippen LogP contribution is 2.42. The first-order chi connectivity index (χ1) is 28.8. The monoisotopic (exact) mass is 853 g/mol. The highest BCUT2D eigenvalue weighted by atomic mass is 16.7. The van der Waals surface area contributed by atoms with Crippen LogP contribution in [0.5, 0.6) is 0 Å². The van der Waals surface area contributed by atoms with Crippen LogP contribution in [0.1, 0.15) is 85.0 Å². The van der Waals surface area contributed by atoms with Gasteiger partial charge in [-0.05, 0) is 73.2 Å². The second-order valence-corrected chi connectivity index (χ2v) is 18.1. The Hall–Kier alpha value is -4.42. The van der Waals surface area contributed by atoms with E-state index in [1.165, 1.54) is 6.20 Å². The number of alkyl carbamates (subject to hydrolysis) is 2. The fourth-order valence-electron chi connectivity index (χ4n) is 9.82. The maximum absolute atomic E-state index is 14.5. The molecule has 61 heavy (non-hydrogen) atoms. The van der Waals surface area contributed by atoms with Gasteiger partial charge in [-0.15, -0.1) is 0 Å². The molecule has 6 rings (SSSR count). The van der Waals surface area contributed by atoms with Gasteiger partial charge in [-0.1, -0.05) is 45.9 Å². The quantitative estimate of drug-likeness (QED) is 0.241. The topological polar surface area (TPSA) is 213 Å². The van der Waals surface area contributed by atoms with Gasteiger partial charge in [-0.2, -0.15) is 0 Å². The van der Waals surface area contributed by atoms with Crippen LogP contribution >= 0.6 is 0 Å². The standard InChI is InChI=1S/C44H63N5O12/c1-11-32-44(8)36(48-42(55)61-44)24(4)33(50)22(2)18-43(7)37(59-40-34(51)31(49(9)10)16-23(3)57-40)25(5)35(26(6)39(53)58-32)56-21-29(20-46-41(54)60-43)47-38(52)28-17-27-14-12-13-15-30(27)45-19-28/h12-15,17,19,22-26,29,31-32,34-37,40,51H,11,16,18,20-21H2,1-10H3,(H,46,54)(H,47,52)(H,48,55)/t22-,23-,24+,25+,26-,29?,31+,32-,34-,35+,36+,37-,40+,43-,44-/m1/s1. The number of likely N-dealkylation sites (N-methyl/N-ethyl adjacent to an activating group) is 1. The lowest BCUT2D eigenvalue weighted by molar-refractivity contribution is -0.299. The SMILES string of the molecule is CC[C@H]1OC(=O)[C@H](C)[C@H]2OCC(NC(=O)c3cnc4ccccc4c3)CNC(=O)O[C@](C)(C[C@@H](C)C(=O)[C@H](C)[C@@H]3NC(=O)O[C@]13C)[C@H](O[C@@H]1O[C@H](C)C[C@H](N(C)C)[C@H]1O)[C@H]2C. The van der Waals surface area contributed by atoms with Crippen molar-refractivity contribution in [2.75, 3.05) is 27.2 Å². The molecule has 5 heterocycles. The van der Waals surface area contributed by atoms with E-state index in [0.717, 1.165) is 10.9 Å². The number of hydrogen-bond donors (Lipinski definition) is 4. The second-order valence-electron chi connectivity index (χ2n) is 18.1. The molecule has 1 aromatic heterocycles. The number of cyclic esters (lactones) is 1. The van der Waals surface area contributed by atoms with Crippen molar-refractivity contribution in [2.45, 2.75) is 141 Å². The van der Waals surface area contributed by atoms with E-state index in [0.29, 0.717) is 6.42 Å². The molecule has 3 amide bonds. The summed E-state index contributed by atoms with van der Waals surface area (Å²) in [7, 11) is 3.70. The summed E-state index contributed by atoms with van der Waals surface area (Å²) in [5.74, 6) is -4.91. The normalized spacial score (nSPS) is 39.1. The molecule has 1 aromatic carbocycles. The second kappa shape index (κ2) is 18.5. The third-order valence-corrected chi connectivity index (χ3v) is 13.1. The summed E-state index contributed by atoms with van der Waals surface area (Å²) in [4.78, 5) is 76.0. The molecular weight excluding hydrogens is 791 g/mol. The van der Waals surface area contributed by atoms with Crippen LogP contribution < -0.4 is 16.0 Å². The Morgan fingerprint density at radius 3 is 2.46 bits per heavy atom. The molecule has 0 radical (unpaired) electrons. The summed E-state index contributed by atoms with van der Waals surface area (Å²) in [6, 6.07) is 7.04. The number of hydrogen-bond acceptors (Lipinski definition) is 14. The number of aliphatic hydroxyl groups is 1. The molecule has 2 bridgehead atoms. The first-order valence-corrected chi connectivity index (χ1v) is 21.4. The number of nitrogens with one attached hydrogen (secondary N) is 3. The van der Waals surface area contributed by atoms with Crippen LogP contribution in [0.15, 0.2) is 36.5 Å². The van der Waals surface area contributed by atoms with Crippen LogP contribution in [0.3, 0.4) is 0 Å². The molecular formula is C44H63N5O12. The Labute approximate surface area is 357 Å². The Kier molecular flexibility index (Phi) is 14.0. The van der Waals surface area contributed by atoms with Crippen LogP contribution in [0, 0.1) is 23.7 Å². The molecule has 4 aliphatic heterocycles. The maximum atomic E-state index is 14.5. The Balaban J connectivity index is 1.44. The molecule has 4 N–H and O–H groups in total. The lowest BCUT2D eigenvalue weighted by Crippen LogP contribution is -2.61. The van der Waals surface area contributed by atoms with Crippen molar-refractivity contribution in [1.29, 1.82) is 0 Å². The number of carbonyl (C=O) groups excluding carboxylic acids is 5. The minimum atomic E-state index is -1.64. The first-order valence-electron chi connectivity index (χ1n) is 21.4. The van der Waals surface area contributed by atoms with Crippen molar-refractivity contribution in [3.05, 3.63) is 42.1 Å². The highest BCUT2D eigenvalue weighted by Gasteiger charge is 2.58. The van der Waals surface area contributed by atoms with Crippen molar-refractivity contribution in [3.63, 3.8) is 0 Å². The molecule has 0 aliphatic carbocycles. The lowest BCUT2D eigenvalue weighted by atomic mass is 9.73. The number of para-hydroxylation sites is 1. The molecule has 4 fully saturated rings. The fraction of sp³-hybridized carbons (Fsp3) is 0.682. The number of carbonyl (C=O) groups is 5. The number of fused-ring (bicyclic) bond motifs is 5. The van der Waals surface area contributed by atoms with Gasteiger partial charge < -0.3 is 54.4 Å². The van der Waals surface area contributed by atoms with Gasteiger partial charge in [-0.25, -0.2) is 9.59 Å². The van der Waals surface area contributed by atoms with E-state index in [4.69, 9.17) is 28.4 Å². The third-order valence-electron chi connectivity index (χ3n) is 13.1. The summed E-state index contributed by atoms with van der Waals surface area (Å²) in [5, 5.41) is 21.0. The largest absolute Gasteiger partial charge is 0.458 e. The van der Waals surface area contributed by atoms with Crippen LogP contribution in [-0.4, -0.2) is 138 Å². The lowest BCUT2D eigenvalue weighted by Gasteiger charge is -2.48. The van der Waals surface area contributed by atoms with E-state index >= 15 is 0 Å². The molecule has 17 heteroatoms. The van der Waals surface area contributed by atoms with E-state index in [1.807, 2.05) is 50.2 Å². The number of rotatable bonds is 6. The Bertz CT molecular complexity index is 1950. The molecule has 0 spiro atoms. The number of esters is 1. The molecule has 4 aliphatic rings. The van der Waals surface area contributed by atoms with Crippen molar-refractivity contribution in [1.82, 2.24) is 25.8 Å². The van der Waals surface area contributed by atoms with Crippen molar-refractivity contribution in [2.24, 2.45) is 23.7 Å². The number of nitrogens with zero attached hydrogens (tertiary/aromatic N) is 2. The zero-order valence-corrected chi connectivity index (χ0v) is 36.8. The summed E-state index contributed by atoms with van der Waals surface area (Å²) < 4.78 is 38.2. The molecule has 2 aromatic rings. The average molecular weight is 854 g/mol. The Morgan fingerprint density at radius 2 is 1.75 bits per heavy atom. The van der Waals surface area contributed by atoms with Gasteiger partial charge in [0.05, 0.1) is 47.9 Å². The zero-order chi connectivity index (χ0) is 44.6. The van der Waals surface area contributed by atoms with Gasteiger partial charge >= 0.3 is 18.2 Å². The van der Waals surface area contributed by atoms with Gasteiger partial charge in [0.2, 0.25) is 0 Å². The number of pyridine rings is 1. The summed E-state index contributed by atoms with van der Waals surface area (Å²) in [5.41, 5.74) is -2.06. The van der Waals surface area contributed by atoms with E-state index in [2.05, 4.69) is 20.9 Å². The van der Waals surface area contributed by atoms with Crippen LogP contribution in [0.4, 0.5) is 9.59 Å². The van der Waals surface area contributed by atoms with Crippen LogP contribution in [0.2, 0.25) is 0 Å². The van der Waals surface area contributed by atoms with Crippen LogP contribution in [-0.2, 0) is 38.0 Å². The summed E-state index contributed by atoms with van der Waals surface area (Å²) >= 11 is 0. The predicted octanol–water partition coefficient (Wildman–Crippen LogP) is 3.73. The van der Waals surface area contributed by atoms with Gasteiger partial charge in [0.15, 0.2) is 11.9 Å². The molecule has 0 saturated carbocycles. The molecule has 1 unspecified atom stereocenters. The molecule has 15 atom stereocenters. The maximum Gasteiger partial charge on any atom is 0.408 e. The first kappa shape index (κ1) is 46.1. The zero-order valence-electron chi connectivity index (χ0n) is 36.8. The minimum Gasteiger partial charge on any atom is -0.458 e. The molecule has 4 saturated heterocycles. The number of aromatic nitrogens is 1. The fourth-order valence-corrected chi connectivity index (χ4v) is 9.82. The van der Waals surface area contributed by atoms with E-state index < -0.39 is 102 Å². The van der Waals surface area contributed by atoms with E-state index in [9.17, 15) is 29.1 Å². The number of amides is 3. The Morgan fingerprint density at radius 1 is 1.03 bits per heavy atom. The van der Waals surface area contributed by atoms with Crippen molar-refractivity contribution in [3.8, 4) is 0 Å². The number of ketones is 1. The van der Waals surface area contributed by atoms with E-state index in [-0.39, 0.29) is 49.5 Å². The highest BCUT2D eigenvalue weighted by molar-refractivity contribution is 5.97.